The number of ether oxygens (including phenoxy) is 1. The molecule has 0 aliphatic carbocycles. The second kappa shape index (κ2) is 8.68. The quantitative estimate of drug-likeness (QED) is 0.803. The smallest absolute Gasteiger partial charge is 0.251 e. The minimum atomic E-state index is -0.327. The molecule has 25 heavy (non-hydrogen) atoms. The van der Waals surface area contributed by atoms with E-state index in [0.29, 0.717) is 23.7 Å². The van der Waals surface area contributed by atoms with Crippen LogP contribution in [0.25, 0.3) is 0 Å². The summed E-state index contributed by atoms with van der Waals surface area (Å²) in [7, 11) is 3.68. The minimum Gasteiger partial charge on any atom is -0.494 e. The van der Waals surface area contributed by atoms with Crippen LogP contribution >= 0.6 is 0 Å². The number of rotatable bonds is 7. The third-order valence-electron chi connectivity index (χ3n) is 3.32. The molecule has 2 aromatic rings. The van der Waals surface area contributed by atoms with Gasteiger partial charge in [-0.2, -0.15) is 0 Å². The molecule has 0 saturated heterocycles. The topological polar surface area (TPSA) is 83.6 Å². The highest BCUT2D eigenvalue weighted by atomic mass is 16.5. The van der Waals surface area contributed by atoms with Gasteiger partial charge in [0.15, 0.2) is 0 Å². The van der Waals surface area contributed by atoms with Gasteiger partial charge in [0, 0.05) is 31.5 Å². The average Bonchev–Trinajstić information content (AvgIpc) is 2.61. The van der Waals surface area contributed by atoms with E-state index >= 15 is 0 Å². The predicted molar refractivity (Wildman–Crippen MR) is 97.1 cm³/mol. The number of hydrogen-bond acceptors (Lipinski definition) is 5. The highest BCUT2D eigenvalue weighted by Gasteiger charge is 2.10. The summed E-state index contributed by atoms with van der Waals surface area (Å²) in [6.45, 7) is 2.37. The first kappa shape index (κ1) is 18.3. The summed E-state index contributed by atoms with van der Waals surface area (Å²) in [4.78, 5) is 30.0. The van der Waals surface area contributed by atoms with Crippen LogP contribution in [-0.4, -0.2) is 44.0 Å². The van der Waals surface area contributed by atoms with E-state index in [-0.39, 0.29) is 18.4 Å². The monoisotopic (exact) mass is 342 g/mol. The fourth-order valence-corrected chi connectivity index (χ4v) is 2.07. The molecule has 0 spiro atoms. The number of anilines is 2. The SMILES string of the molecule is CCOc1ccc(NC(=O)CNC(=O)c2ccnc(N(C)C)c2)cc1. The van der Waals surface area contributed by atoms with Crippen LogP contribution < -0.4 is 20.3 Å². The Morgan fingerprint density at radius 3 is 2.52 bits per heavy atom. The zero-order chi connectivity index (χ0) is 18.2. The molecule has 0 atom stereocenters. The first-order valence-corrected chi connectivity index (χ1v) is 7.94. The van der Waals surface area contributed by atoms with Crippen molar-refractivity contribution >= 4 is 23.3 Å². The lowest BCUT2D eigenvalue weighted by Crippen LogP contribution is -2.33. The molecule has 2 amide bonds. The molecule has 7 heteroatoms. The fourth-order valence-electron chi connectivity index (χ4n) is 2.07. The molecule has 0 fully saturated rings. The van der Waals surface area contributed by atoms with Crippen molar-refractivity contribution in [1.29, 1.82) is 0 Å². The first-order valence-electron chi connectivity index (χ1n) is 7.94. The number of hydrogen-bond donors (Lipinski definition) is 2. The highest BCUT2D eigenvalue weighted by molar-refractivity contribution is 5.99. The van der Waals surface area contributed by atoms with Gasteiger partial charge in [-0.1, -0.05) is 0 Å². The Bertz CT molecular complexity index is 729. The van der Waals surface area contributed by atoms with Gasteiger partial charge in [0.25, 0.3) is 5.91 Å². The molecule has 1 aromatic heterocycles. The van der Waals surface area contributed by atoms with Gasteiger partial charge in [-0.15, -0.1) is 0 Å². The second-order valence-electron chi connectivity index (χ2n) is 5.49. The third-order valence-corrected chi connectivity index (χ3v) is 3.32. The Morgan fingerprint density at radius 2 is 1.88 bits per heavy atom. The molecule has 0 saturated carbocycles. The van der Waals surface area contributed by atoms with Crippen LogP contribution in [0.2, 0.25) is 0 Å². The van der Waals surface area contributed by atoms with E-state index in [4.69, 9.17) is 4.74 Å². The first-order chi connectivity index (χ1) is 12.0. The Hall–Kier alpha value is -3.09. The van der Waals surface area contributed by atoms with Crippen LogP contribution in [-0.2, 0) is 4.79 Å². The van der Waals surface area contributed by atoms with Crippen LogP contribution in [0.5, 0.6) is 5.75 Å². The summed E-state index contributed by atoms with van der Waals surface area (Å²) in [5.74, 6) is 0.779. The van der Waals surface area contributed by atoms with Crippen molar-refractivity contribution < 1.29 is 14.3 Å². The molecular weight excluding hydrogens is 320 g/mol. The average molecular weight is 342 g/mol. The second-order valence-corrected chi connectivity index (χ2v) is 5.49. The van der Waals surface area contributed by atoms with Gasteiger partial charge in [-0.05, 0) is 43.3 Å². The lowest BCUT2D eigenvalue weighted by atomic mass is 10.2. The number of amides is 2. The molecule has 132 valence electrons. The number of carbonyl (C=O) groups excluding carboxylic acids is 2. The summed E-state index contributed by atoms with van der Waals surface area (Å²) < 4.78 is 5.34. The van der Waals surface area contributed by atoms with Gasteiger partial charge in [-0.3, -0.25) is 9.59 Å². The highest BCUT2D eigenvalue weighted by Crippen LogP contribution is 2.15. The molecule has 0 radical (unpaired) electrons. The molecule has 0 aliphatic rings. The zero-order valence-corrected chi connectivity index (χ0v) is 14.6. The molecule has 0 unspecified atom stereocenters. The molecule has 1 heterocycles. The van der Waals surface area contributed by atoms with E-state index in [9.17, 15) is 9.59 Å². The minimum absolute atomic E-state index is 0.119. The molecule has 7 nitrogen and oxygen atoms in total. The van der Waals surface area contributed by atoms with Gasteiger partial charge in [0.05, 0.1) is 13.2 Å². The maximum absolute atomic E-state index is 12.1. The van der Waals surface area contributed by atoms with Crippen LogP contribution in [0.4, 0.5) is 11.5 Å². The normalized spacial score (nSPS) is 10.0. The molecule has 0 aliphatic heterocycles. The maximum atomic E-state index is 12.1. The Morgan fingerprint density at radius 1 is 1.16 bits per heavy atom. The van der Waals surface area contributed by atoms with Crippen molar-refractivity contribution in [1.82, 2.24) is 10.3 Å². The standard InChI is InChI=1S/C18H22N4O3/c1-4-25-15-7-5-14(6-8-15)21-17(23)12-20-18(24)13-9-10-19-16(11-13)22(2)3/h5-11H,4,12H2,1-3H3,(H,20,24)(H,21,23). The Kier molecular flexibility index (Phi) is 6.33. The lowest BCUT2D eigenvalue weighted by Gasteiger charge is -2.12. The molecular formula is C18H22N4O3. The van der Waals surface area contributed by atoms with E-state index in [1.165, 1.54) is 0 Å². The van der Waals surface area contributed by atoms with Crippen molar-refractivity contribution in [3.63, 3.8) is 0 Å². The lowest BCUT2D eigenvalue weighted by molar-refractivity contribution is -0.115. The van der Waals surface area contributed by atoms with E-state index in [2.05, 4.69) is 15.6 Å². The maximum Gasteiger partial charge on any atom is 0.251 e. The van der Waals surface area contributed by atoms with Crippen molar-refractivity contribution in [3.05, 3.63) is 48.2 Å². The van der Waals surface area contributed by atoms with E-state index in [1.54, 1.807) is 47.5 Å². The van der Waals surface area contributed by atoms with Gasteiger partial charge >= 0.3 is 0 Å². The number of pyridine rings is 1. The Balaban J connectivity index is 1.86. The summed E-state index contributed by atoms with van der Waals surface area (Å²) >= 11 is 0. The van der Waals surface area contributed by atoms with E-state index < -0.39 is 0 Å². The molecule has 0 bridgehead atoms. The number of nitrogens with zero attached hydrogens (tertiary/aromatic N) is 2. The molecule has 1 aromatic carbocycles. The summed E-state index contributed by atoms with van der Waals surface area (Å²) in [5.41, 5.74) is 1.09. The fraction of sp³-hybridized carbons (Fsp3) is 0.278. The largest absolute Gasteiger partial charge is 0.494 e. The van der Waals surface area contributed by atoms with Crippen LogP contribution in [0.15, 0.2) is 42.6 Å². The third kappa shape index (κ3) is 5.49. The van der Waals surface area contributed by atoms with Crippen molar-refractivity contribution in [2.75, 3.05) is 37.5 Å². The van der Waals surface area contributed by atoms with Crippen molar-refractivity contribution in [2.45, 2.75) is 6.92 Å². The summed E-state index contributed by atoms with van der Waals surface area (Å²) in [6.07, 6.45) is 1.56. The van der Waals surface area contributed by atoms with Crippen LogP contribution in [0.1, 0.15) is 17.3 Å². The number of nitrogens with one attached hydrogen (secondary N) is 2. The summed E-state index contributed by atoms with van der Waals surface area (Å²) in [6, 6.07) is 10.3. The zero-order valence-electron chi connectivity index (χ0n) is 14.6. The van der Waals surface area contributed by atoms with Crippen LogP contribution in [0.3, 0.4) is 0 Å². The van der Waals surface area contributed by atoms with Crippen molar-refractivity contribution in [2.24, 2.45) is 0 Å². The van der Waals surface area contributed by atoms with E-state index in [0.717, 1.165) is 5.75 Å². The number of carbonyl (C=O) groups is 2. The van der Waals surface area contributed by atoms with Gasteiger partial charge in [0.2, 0.25) is 5.91 Å². The predicted octanol–water partition coefficient (Wildman–Crippen LogP) is 1.91. The van der Waals surface area contributed by atoms with Gasteiger partial charge in [0.1, 0.15) is 11.6 Å². The van der Waals surface area contributed by atoms with Crippen molar-refractivity contribution in [3.8, 4) is 5.75 Å². The summed E-state index contributed by atoms with van der Waals surface area (Å²) in [5, 5.41) is 5.31. The van der Waals surface area contributed by atoms with Crippen LogP contribution in [0, 0.1) is 0 Å². The Labute approximate surface area is 147 Å². The number of aromatic nitrogens is 1. The van der Waals surface area contributed by atoms with E-state index in [1.807, 2.05) is 21.0 Å². The molecule has 2 rings (SSSR count). The molecule has 2 N–H and O–H groups in total. The van der Waals surface area contributed by atoms with Gasteiger partial charge < -0.3 is 20.3 Å². The van der Waals surface area contributed by atoms with Gasteiger partial charge in [-0.25, -0.2) is 4.98 Å². The number of benzene rings is 1.